The topological polar surface area (TPSA) is 86.8 Å². The van der Waals surface area contributed by atoms with Crippen molar-refractivity contribution >= 4 is 50.7 Å². The van der Waals surface area contributed by atoms with Crippen molar-refractivity contribution in [2.45, 2.75) is 45.8 Å². The predicted octanol–water partition coefficient (Wildman–Crippen LogP) is 4.37. The van der Waals surface area contributed by atoms with E-state index in [9.17, 15) is 26.8 Å². The molecule has 0 aliphatic carbocycles. The van der Waals surface area contributed by atoms with Crippen molar-refractivity contribution < 1.29 is 26.8 Å². The highest BCUT2D eigenvalue weighted by atomic mass is 35.5. The van der Waals surface area contributed by atoms with E-state index in [0.29, 0.717) is 15.9 Å². The number of hydrogen-bond donors (Lipinski definition) is 1. The van der Waals surface area contributed by atoms with Gasteiger partial charge >= 0.3 is 0 Å². The smallest absolute Gasteiger partial charge is 0.244 e. The fourth-order valence-electron chi connectivity index (χ4n) is 3.16. The van der Waals surface area contributed by atoms with Crippen molar-refractivity contribution in [1.29, 1.82) is 0 Å². The molecule has 0 spiro atoms. The summed E-state index contributed by atoms with van der Waals surface area (Å²) in [5.74, 6) is -3.72. The average Bonchev–Trinajstić information content (AvgIpc) is 2.71. The van der Waals surface area contributed by atoms with Gasteiger partial charge in [-0.2, -0.15) is 0 Å². The number of halogens is 4. The molecule has 1 N–H and O–H groups in total. The number of rotatable bonds is 8. The van der Waals surface area contributed by atoms with Gasteiger partial charge in [0.2, 0.25) is 21.8 Å². The van der Waals surface area contributed by atoms with Crippen molar-refractivity contribution in [3.63, 3.8) is 0 Å². The first kappa shape index (κ1) is 28.8. The fraction of sp³-hybridized carbons (Fsp3) is 0.391. The molecule has 1 unspecified atom stereocenters. The summed E-state index contributed by atoms with van der Waals surface area (Å²) in [6.45, 7) is 5.80. The van der Waals surface area contributed by atoms with E-state index in [-0.39, 0.29) is 22.3 Å². The first-order chi connectivity index (χ1) is 16.0. The van der Waals surface area contributed by atoms with Gasteiger partial charge in [0.25, 0.3) is 0 Å². The Labute approximate surface area is 214 Å². The zero-order chi connectivity index (χ0) is 26.7. The lowest BCUT2D eigenvalue weighted by molar-refractivity contribution is -0.140. The summed E-state index contributed by atoms with van der Waals surface area (Å²) >= 11 is 12.5. The molecule has 2 amide bonds. The molecule has 7 nitrogen and oxygen atoms in total. The van der Waals surface area contributed by atoms with Crippen LogP contribution >= 0.6 is 23.2 Å². The lowest BCUT2D eigenvalue weighted by Crippen LogP contribution is -2.54. The zero-order valence-electron chi connectivity index (χ0n) is 19.9. The van der Waals surface area contributed by atoms with Crippen molar-refractivity contribution in [1.82, 2.24) is 10.2 Å². The quantitative estimate of drug-likeness (QED) is 0.529. The molecule has 12 heteroatoms. The third-order valence-electron chi connectivity index (χ3n) is 4.93. The number of anilines is 1. The van der Waals surface area contributed by atoms with Crippen LogP contribution in [0.1, 0.15) is 33.3 Å². The number of carbonyl (C=O) groups excluding carboxylic acids is 2. The summed E-state index contributed by atoms with van der Waals surface area (Å²) in [5.41, 5.74) is -0.493. The van der Waals surface area contributed by atoms with Gasteiger partial charge in [-0.05, 0) is 52.0 Å². The van der Waals surface area contributed by atoms with Crippen molar-refractivity contribution in [3.8, 4) is 0 Å². The van der Waals surface area contributed by atoms with Crippen LogP contribution in [0.25, 0.3) is 0 Å². The summed E-state index contributed by atoms with van der Waals surface area (Å²) in [6.07, 6.45) is 0.826. The first-order valence-electron chi connectivity index (χ1n) is 10.5. The summed E-state index contributed by atoms with van der Waals surface area (Å²) < 4.78 is 52.8. The van der Waals surface area contributed by atoms with E-state index >= 15 is 0 Å². The van der Waals surface area contributed by atoms with Crippen molar-refractivity contribution in [2.24, 2.45) is 0 Å². The van der Waals surface area contributed by atoms with Crippen LogP contribution < -0.4 is 9.62 Å². The van der Waals surface area contributed by atoms with E-state index in [2.05, 4.69) is 5.32 Å². The Bertz CT molecular complexity index is 1200. The van der Waals surface area contributed by atoms with E-state index in [1.54, 1.807) is 39.0 Å². The highest BCUT2D eigenvalue weighted by Crippen LogP contribution is 2.27. The molecule has 0 bridgehead atoms. The lowest BCUT2D eigenvalue weighted by Gasteiger charge is -2.33. The summed E-state index contributed by atoms with van der Waals surface area (Å²) in [4.78, 5) is 27.5. The second-order valence-electron chi connectivity index (χ2n) is 9.01. The lowest BCUT2D eigenvalue weighted by atomic mass is 10.1. The minimum absolute atomic E-state index is 0.203. The van der Waals surface area contributed by atoms with Gasteiger partial charge in [0.15, 0.2) is 11.6 Å². The van der Waals surface area contributed by atoms with Crippen LogP contribution in [0.3, 0.4) is 0 Å². The molecular formula is C23H27Cl2F2N3O4S. The van der Waals surface area contributed by atoms with E-state index < -0.39 is 51.6 Å². The van der Waals surface area contributed by atoms with Crippen LogP contribution in [0.2, 0.25) is 10.0 Å². The molecule has 0 saturated carbocycles. The fourth-order valence-corrected chi connectivity index (χ4v) is 4.52. The monoisotopic (exact) mass is 549 g/mol. The largest absolute Gasteiger partial charge is 0.350 e. The SMILES string of the molecule is CC(C(=O)NC(C)(C)C)N(Cc1c(Cl)cccc1Cl)C(=O)CN(c1ccc(F)c(F)c1)S(C)(=O)=O. The number of hydrogen-bond acceptors (Lipinski definition) is 4. The molecule has 0 saturated heterocycles. The number of amides is 2. The zero-order valence-corrected chi connectivity index (χ0v) is 22.2. The second kappa shape index (κ2) is 11.1. The molecule has 0 aliphatic rings. The van der Waals surface area contributed by atoms with Crippen LogP contribution in [0, 0.1) is 11.6 Å². The predicted molar refractivity (Wildman–Crippen MR) is 133 cm³/mol. The third kappa shape index (κ3) is 7.78. The van der Waals surface area contributed by atoms with Gasteiger partial charge in [-0.1, -0.05) is 29.3 Å². The molecule has 2 aromatic carbocycles. The number of carbonyl (C=O) groups is 2. The summed E-state index contributed by atoms with van der Waals surface area (Å²) in [7, 11) is -4.10. The molecule has 0 heterocycles. The standard InChI is InChI=1S/C23H27Cl2F2N3O4S/c1-14(22(32)28-23(2,3)4)29(12-16-17(24)7-6-8-18(16)25)21(31)13-30(35(5,33)34)15-9-10-19(26)20(27)11-15/h6-11,14H,12-13H2,1-5H3,(H,28,32). The van der Waals surface area contributed by atoms with Crippen LogP contribution in [0.5, 0.6) is 0 Å². The molecule has 1 atom stereocenters. The normalized spacial score (nSPS) is 12.7. The Morgan fingerprint density at radius 3 is 2.11 bits per heavy atom. The minimum Gasteiger partial charge on any atom is -0.350 e. The molecule has 35 heavy (non-hydrogen) atoms. The third-order valence-corrected chi connectivity index (χ3v) is 6.77. The Morgan fingerprint density at radius 1 is 1.06 bits per heavy atom. The molecule has 0 fully saturated rings. The molecular weight excluding hydrogens is 523 g/mol. The van der Waals surface area contributed by atoms with Crippen LogP contribution in [0.4, 0.5) is 14.5 Å². The molecule has 192 valence electrons. The number of nitrogens with one attached hydrogen (secondary N) is 1. The molecule has 0 aliphatic heterocycles. The molecule has 2 rings (SSSR count). The Morgan fingerprint density at radius 2 is 1.63 bits per heavy atom. The highest BCUT2D eigenvalue weighted by molar-refractivity contribution is 7.92. The van der Waals surface area contributed by atoms with Gasteiger partial charge in [-0.3, -0.25) is 13.9 Å². The van der Waals surface area contributed by atoms with Gasteiger partial charge in [0, 0.05) is 33.8 Å². The van der Waals surface area contributed by atoms with Gasteiger partial charge in [0.1, 0.15) is 12.6 Å². The Hall–Kier alpha value is -2.43. The van der Waals surface area contributed by atoms with E-state index in [4.69, 9.17) is 23.2 Å². The van der Waals surface area contributed by atoms with Gasteiger partial charge in [0.05, 0.1) is 11.9 Å². The van der Waals surface area contributed by atoms with Gasteiger partial charge in [-0.25, -0.2) is 17.2 Å². The minimum atomic E-state index is -4.10. The van der Waals surface area contributed by atoms with Crippen molar-refractivity contribution in [3.05, 3.63) is 63.6 Å². The Balaban J connectivity index is 2.49. The molecule has 2 aromatic rings. The molecule has 0 radical (unpaired) electrons. The summed E-state index contributed by atoms with van der Waals surface area (Å²) in [5, 5.41) is 3.28. The maximum absolute atomic E-state index is 13.8. The van der Waals surface area contributed by atoms with Crippen molar-refractivity contribution in [2.75, 3.05) is 17.1 Å². The average molecular weight is 550 g/mol. The van der Waals surface area contributed by atoms with E-state index in [0.717, 1.165) is 23.3 Å². The van der Waals surface area contributed by atoms with E-state index in [1.807, 2.05) is 0 Å². The first-order valence-corrected chi connectivity index (χ1v) is 13.1. The van der Waals surface area contributed by atoms with E-state index in [1.165, 1.54) is 6.92 Å². The van der Waals surface area contributed by atoms with Crippen LogP contribution in [-0.2, 0) is 26.2 Å². The summed E-state index contributed by atoms with van der Waals surface area (Å²) in [6, 6.07) is 6.16. The Kier molecular flexibility index (Phi) is 9.13. The van der Waals surface area contributed by atoms with Crippen LogP contribution in [-0.4, -0.2) is 49.5 Å². The maximum Gasteiger partial charge on any atom is 0.244 e. The second-order valence-corrected chi connectivity index (χ2v) is 11.7. The number of nitrogens with zero attached hydrogens (tertiary/aromatic N) is 2. The van der Waals surface area contributed by atoms with Gasteiger partial charge in [-0.15, -0.1) is 0 Å². The number of benzene rings is 2. The van der Waals surface area contributed by atoms with Gasteiger partial charge < -0.3 is 10.2 Å². The van der Waals surface area contributed by atoms with Crippen LogP contribution in [0.15, 0.2) is 36.4 Å². The maximum atomic E-state index is 13.8. The molecule has 0 aromatic heterocycles. The number of sulfonamides is 1. The highest BCUT2D eigenvalue weighted by Gasteiger charge is 2.32.